The molecule has 4 heteroatoms. The van der Waals surface area contributed by atoms with Gasteiger partial charge in [-0.2, -0.15) is 0 Å². The number of aromatic nitrogens is 2. The number of benzene rings is 1. The maximum absolute atomic E-state index is 6.13. The van der Waals surface area contributed by atoms with Crippen LogP contribution in [0.1, 0.15) is 23.2 Å². The molecule has 0 aliphatic carbocycles. The Labute approximate surface area is 104 Å². The fraction of sp³-hybridized carbons (Fsp3) is 0.143. The van der Waals surface area contributed by atoms with E-state index in [0.717, 1.165) is 16.7 Å². The fourth-order valence-electron chi connectivity index (χ4n) is 1.86. The molecule has 2 N–H and O–H groups in total. The van der Waals surface area contributed by atoms with Crippen LogP contribution in [0, 0.1) is 6.92 Å². The Morgan fingerprint density at radius 2 is 2.00 bits per heavy atom. The third kappa shape index (κ3) is 1.87. The van der Waals surface area contributed by atoms with E-state index in [1.165, 1.54) is 0 Å². The molecule has 0 spiro atoms. The van der Waals surface area contributed by atoms with E-state index in [2.05, 4.69) is 9.97 Å². The van der Waals surface area contributed by atoms with E-state index in [0.29, 0.717) is 11.5 Å². The van der Waals surface area contributed by atoms with Gasteiger partial charge in [-0.3, -0.25) is 9.97 Å². The second kappa shape index (κ2) is 4.23. The predicted octanol–water partition coefficient (Wildman–Crippen LogP) is 2.58. The maximum Gasteiger partial charge on any atom is 0.134 e. The minimum absolute atomic E-state index is 0.384. The number of aryl methyl sites for hydroxylation is 1. The topological polar surface area (TPSA) is 64.9 Å². The number of nitrogens with zero attached hydrogens (tertiary/aromatic N) is 2. The summed E-state index contributed by atoms with van der Waals surface area (Å²) in [5.41, 5.74) is 8.55. The number of hydrogen-bond acceptors (Lipinski definition) is 4. The first kappa shape index (κ1) is 10.9. The van der Waals surface area contributed by atoms with Crippen LogP contribution < -0.4 is 5.73 Å². The molecule has 0 fully saturated rings. The molecule has 0 aliphatic heterocycles. The highest BCUT2D eigenvalue weighted by atomic mass is 16.3. The van der Waals surface area contributed by atoms with E-state index in [1.807, 2.05) is 37.3 Å². The lowest BCUT2D eigenvalue weighted by Gasteiger charge is -2.07. The van der Waals surface area contributed by atoms with Crippen molar-refractivity contribution >= 4 is 11.0 Å². The van der Waals surface area contributed by atoms with Gasteiger partial charge in [-0.1, -0.05) is 18.2 Å². The van der Waals surface area contributed by atoms with E-state index < -0.39 is 0 Å². The van der Waals surface area contributed by atoms with E-state index in [1.54, 1.807) is 12.4 Å². The molecule has 0 amide bonds. The van der Waals surface area contributed by atoms with Gasteiger partial charge in [-0.05, 0) is 19.1 Å². The van der Waals surface area contributed by atoms with Gasteiger partial charge in [0.15, 0.2) is 0 Å². The summed E-state index contributed by atoms with van der Waals surface area (Å²) in [6, 6.07) is 9.39. The van der Waals surface area contributed by atoms with Gasteiger partial charge in [0.2, 0.25) is 0 Å². The summed E-state index contributed by atoms with van der Waals surface area (Å²) in [5, 5.41) is 1.04. The van der Waals surface area contributed by atoms with Crippen molar-refractivity contribution in [3.05, 3.63) is 59.9 Å². The van der Waals surface area contributed by atoms with Crippen LogP contribution in [-0.2, 0) is 0 Å². The second-order valence-corrected chi connectivity index (χ2v) is 4.25. The minimum atomic E-state index is -0.384. The first-order chi connectivity index (χ1) is 8.74. The first-order valence-corrected chi connectivity index (χ1v) is 5.76. The van der Waals surface area contributed by atoms with Gasteiger partial charge in [0.05, 0.1) is 17.6 Å². The van der Waals surface area contributed by atoms with Crippen LogP contribution in [0.15, 0.2) is 47.1 Å². The molecule has 18 heavy (non-hydrogen) atoms. The van der Waals surface area contributed by atoms with Crippen molar-refractivity contribution < 1.29 is 4.42 Å². The lowest BCUT2D eigenvalue weighted by atomic mass is 10.1. The lowest BCUT2D eigenvalue weighted by Crippen LogP contribution is -2.13. The summed E-state index contributed by atoms with van der Waals surface area (Å²) in [7, 11) is 0. The summed E-state index contributed by atoms with van der Waals surface area (Å²) >= 11 is 0. The van der Waals surface area contributed by atoms with Crippen molar-refractivity contribution in [2.45, 2.75) is 13.0 Å². The molecule has 3 aromatic rings. The number of fused-ring (bicyclic) bond motifs is 1. The average molecular weight is 239 g/mol. The highest BCUT2D eigenvalue weighted by Crippen LogP contribution is 2.25. The van der Waals surface area contributed by atoms with Crippen molar-refractivity contribution in [3.8, 4) is 0 Å². The lowest BCUT2D eigenvalue weighted by molar-refractivity contribution is 0.520. The highest BCUT2D eigenvalue weighted by molar-refractivity contribution is 5.77. The van der Waals surface area contributed by atoms with Gasteiger partial charge in [0.25, 0.3) is 0 Å². The number of hydrogen-bond donors (Lipinski definition) is 1. The fourth-order valence-corrected chi connectivity index (χ4v) is 1.86. The van der Waals surface area contributed by atoms with Gasteiger partial charge >= 0.3 is 0 Å². The van der Waals surface area contributed by atoms with Crippen molar-refractivity contribution in [2.24, 2.45) is 5.73 Å². The van der Waals surface area contributed by atoms with Crippen molar-refractivity contribution in [1.29, 1.82) is 0 Å². The Kier molecular flexibility index (Phi) is 2.57. The van der Waals surface area contributed by atoms with E-state index >= 15 is 0 Å². The molecule has 0 saturated heterocycles. The molecule has 0 aliphatic rings. The van der Waals surface area contributed by atoms with Gasteiger partial charge in [-0.15, -0.1) is 0 Å². The SMILES string of the molecule is Cc1cnc(C(N)c2cc3ccccc3o2)cn1. The van der Waals surface area contributed by atoms with Crippen LogP contribution in [0.2, 0.25) is 0 Å². The average Bonchev–Trinajstić information content (AvgIpc) is 2.82. The Hall–Kier alpha value is -2.20. The van der Waals surface area contributed by atoms with Crippen molar-refractivity contribution in [2.75, 3.05) is 0 Å². The summed E-state index contributed by atoms with van der Waals surface area (Å²) in [6.45, 7) is 1.89. The standard InChI is InChI=1S/C14H13N3O/c1-9-7-17-11(8-16-9)14(15)13-6-10-4-2-3-5-12(10)18-13/h2-8,14H,15H2,1H3. The minimum Gasteiger partial charge on any atom is -0.459 e. The molecule has 0 saturated carbocycles. The molecular formula is C14H13N3O. The summed E-state index contributed by atoms with van der Waals surface area (Å²) < 4.78 is 5.72. The molecule has 2 aromatic heterocycles. The smallest absolute Gasteiger partial charge is 0.134 e. The normalized spacial score (nSPS) is 12.8. The third-order valence-corrected chi connectivity index (χ3v) is 2.87. The van der Waals surface area contributed by atoms with Gasteiger partial charge in [0.1, 0.15) is 17.4 Å². The van der Waals surface area contributed by atoms with E-state index in [-0.39, 0.29) is 6.04 Å². The molecule has 1 aromatic carbocycles. The molecule has 2 heterocycles. The highest BCUT2D eigenvalue weighted by Gasteiger charge is 2.15. The van der Waals surface area contributed by atoms with E-state index in [9.17, 15) is 0 Å². The predicted molar refractivity (Wildman–Crippen MR) is 69.0 cm³/mol. The number of para-hydroxylation sites is 1. The molecule has 90 valence electrons. The maximum atomic E-state index is 6.13. The first-order valence-electron chi connectivity index (χ1n) is 5.76. The molecule has 0 radical (unpaired) electrons. The zero-order valence-corrected chi connectivity index (χ0v) is 10.00. The van der Waals surface area contributed by atoms with Crippen LogP contribution >= 0.6 is 0 Å². The zero-order valence-electron chi connectivity index (χ0n) is 10.00. The van der Waals surface area contributed by atoms with E-state index in [4.69, 9.17) is 10.2 Å². The van der Waals surface area contributed by atoms with Gasteiger partial charge in [-0.25, -0.2) is 0 Å². The van der Waals surface area contributed by atoms with Crippen LogP contribution in [-0.4, -0.2) is 9.97 Å². The summed E-state index contributed by atoms with van der Waals surface area (Å²) in [4.78, 5) is 8.47. The van der Waals surface area contributed by atoms with Crippen LogP contribution in [0.4, 0.5) is 0 Å². The van der Waals surface area contributed by atoms with Crippen LogP contribution in [0.5, 0.6) is 0 Å². The Bertz CT molecular complexity index is 640. The molecule has 3 rings (SSSR count). The number of nitrogens with two attached hydrogens (primary N) is 1. The summed E-state index contributed by atoms with van der Waals surface area (Å²) in [5.74, 6) is 0.703. The quantitative estimate of drug-likeness (QED) is 0.746. The molecule has 0 bridgehead atoms. The van der Waals surface area contributed by atoms with Gasteiger partial charge in [0, 0.05) is 11.6 Å². The van der Waals surface area contributed by atoms with Crippen molar-refractivity contribution in [3.63, 3.8) is 0 Å². The Morgan fingerprint density at radius 3 is 2.72 bits per heavy atom. The number of furan rings is 1. The third-order valence-electron chi connectivity index (χ3n) is 2.87. The van der Waals surface area contributed by atoms with Crippen molar-refractivity contribution in [1.82, 2.24) is 9.97 Å². The summed E-state index contributed by atoms with van der Waals surface area (Å²) in [6.07, 6.45) is 3.39. The molecule has 4 nitrogen and oxygen atoms in total. The largest absolute Gasteiger partial charge is 0.459 e. The Balaban J connectivity index is 2.00. The van der Waals surface area contributed by atoms with Crippen LogP contribution in [0.3, 0.4) is 0 Å². The molecule has 1 unspecified atom stereocenters. The molecular weight excluding hydrogens is 226 g/mol. The second-order valence-electron chi connectivity index (χ2n) is 4.25. The monoisotopic (exact) mass is 239 g/mol. The Morgan fingerprint density at radius 1 is 1.17 bits per heavy atom. The molecule has 1 atom stereocenters. The number of rotatable bonds is 2. The van der Waals surface area contributed by atoms with Gasteiger partial charge < -0.3 is 10.2 Å². The zero-order chi connectivity index (χ0) is 12.5. The van der Waals surface area contributed by atoms with Crippen LogP contribution in [0.25, 0.3) is 11.0 Å².